The van der Waals surface area contributed by atoms with Gasteiger partial charge in [0.15, 0.2) is 17.0 Å². The van der Waals surface area contributed by atoms with E-state index in [1.165, 1.54) is 6.33 Å². The van der Waals surface area contributed by atoms with Gasteiger partial charge in [0, 0.05) is 26.6 Å². The van der Waals surface area contributed by atoms with E-state index in [2.05, 4.69) is 25.3 Å². The molecule has 1 aliphatic rings. The highest BCUT2D eigenvalue weighted by Crippen LogP contribution is 2.31. The second-order valence-corrected chi connectivity index (χ2v) is 5.67. The third-order valence-electron chi connectivity index (χ3n) is 3.85. The molecule has 0 amide bonds. The molecule has 0 aromatic carbocycles. The normalized spacial score (nSPS) is 24.8. The Bertz CT molecular complexity index is 687. The van der Waals surface area contributed by atoms with Gasteiger partial charge in [0.2, 0.25) is 0 Å². The van der Waals surface area contributed by atoms with Gasteiger partial charge in [-0.15, -0.1) is 0 Å². The number of nitrogens with one attached hydrogen (secondary N) is 1. The number of aliphatic imine (C=N–C) groups is 1. The number of hydrogen-bond acceptors (Lipinski definition) is 7. The van der Waals surface area contributed by atoms with Crippen LogP contribution in [-0.2, 0) is 4.74 Å². The lowest BCUT2D eigenvalue weighted by Gasteiger charge is -2.14. The lowest BCUT2D eigenvalue weighted by molar-refractivity contribution is -0.0249. The van der Waals surface area contributed by atoms with Gasteiger partial charge in [0.1, 0.15) is 12.6 Å². The maximum Gasteiger partial charge on any atom is 0.184 e. The number of nitrogens with zero attached hydrogens (tertiary/aromatic N) is 6. The van der Waals surface area contributed by atoms with E-state index in [1.807, 2.05) is 30.6 Å². The summed E-state index contributed by atoms with van der Waals surface area (Å²) in [4.78, 5) is 19.0. The number of imidazole rings is 1. The van der Waals surface area contributed by atoms with E-state index in [0.717, 1.165) is 6.42 Å². The molecule has 3 atom stereocenters. The van der Waals surface area contributed by atoms with Gasteiger partial charge in [-0.25, -0.2) is 19.9 Å². The molecule has 0 spiro atoms. The number of aliphatic hydroxyl groups excluding tert-OH is 1. The molecule has 2 N–H and O–H groups in total. The van der Waals surface area contributed by atoms with Crippen LogP contribution in [0.15, 0.2) is 17.6 Å². The molecular formula is C14H21N7O2. The predicted molar refractivity (Wildman–Crippen MR) is 85.6 cm³/mol. The molecule has 1 saturated heterocycles. The maximum atomic E-state index is 9.42. The Morgan fingerprint density at radius 3 is 2.96 bits per heavy atom. The molecule has 0 radical (unpaired) electrons. The summed E-state index contributed by atoms with van der Waals surface area (Å²) in [6.07, 6.45) is 5.09. The number of rotatable bonds is 5. The SMILES string of the molecule is CN[C@H]1C[C@H](n2cnc3c(N=CN(C)C)ncnc32)O[C@@H]1CO. The Labute approximate surface area is 134 Å². The van der Waals surface area contributed by atoms with Crippen LogP contribution in [0.1, 0.15) is 12.6 Å². The minimum absolute atomic E-state index is 0.0258. The summed E-state index contributed by atoms with van der Waals surface area (Å²) in [6.45, 7) is -0.0258. The Morgan fingerprint density at radius 1 is 1.48 bits per heavy atom. The fourth-order valence-corrected chi connectivity index (χ4v) is 2.69. The van der Waals surface area contributed by atoms with Crippen LogP contribution in [0, 0.1) is 0 Å². The topological polar surface area (TPSA) is 101 Å². The summed E-state index contributed by atoms with van der Waals surface area (Å²) in [6, 6.07) is 0.0931. The summed E-state index contributed by atoms with van der Waals surface area (Å²) in [7, 11) is 5.64. The van der Waals surface area contributed by atoms with E-state index in [0.29, 0.717) is 17.0 Å². The van der Waals surface area contributed by atoms with Gasteiger partial charge >= 0.3 is 0 Å². The molecule has 3 heterocycles. The third-order valence-corrected chi connectivity index (χ3v) is 3.85. The van der Waals surface area contributed by atoms with Crippen molar-refractivity contribution in [2.75, 3.05) is 27.7 Å². The van der Waals surface area contributed by atoms with Gasteiger partial charge in [0.05, 0.1) is 25.4 Å². The highest BCUT2D eigenvalue weighted by atomic mass is 16.5. The molecule has 9 heteroatoms. The van der Waals surface area contributed by atoms with Gasteiger partial charge in [-0.3, -0.25) is 4.57 Å². The van der Waals surface area contributed by atoms with E-state index in [9.17, 15) is 5.11 Å². The molecule has 0 unspecified atom stereocenters. The van der Waals surface area contributed by atoms with Gasteiger partial charge in [-0.05, 0) is 7.05 Å². The quantitative estimate of drug-likeness (QED) is 0.587. The zero-order chi connectivity index (χ0) is 16.4. The third kappa shape index (κ3) is 3.03. The molecule has 124 valence electrons. The molecule has 2 aromatic rings. The van der Waals surface area contributed by atoms with Crippen molar-refractivity contribution in [2.45, 2.75) is 24.8 Å². The summed E-state index contributed by atoms with van der Waals surface area (Å²) in [5.41, 5.74) is 1.30. The van der Waals surface area contributed by atoms with E-state index >= 15 is 0 Å². The minimum Gasteiger partial charge on any atom is -0.394 e. The van der Waals surface area contributed by atoms with Crippen LogP contribution in [-0.4, -0.2) is 75.8 Å². The van der Waals surface area contributed by atoms with Crippen LogP contribution in [0.4, 0.5) is 5.82 Å². The monoisotopic (exact) mass is 319 g/mol. The molecule has 0 aliphatic carbocycles. The highest BCUT2D eigenvalue weighted by Gasteiger charge is 2.35. The Balaban J connectivity index is 1.93. The first-order chi connectivity index (χ1) is 11.1. The van der Waals surface area contributed by atoms with Crippen molar-refractivity contribution in [1.29, 1.82) is 0 Å². The fourth-order valence-electron chi connectivity index (χ4n) is 2.69. The zero-order valence-corrected chi connectivity index (χ0v) is 13.4. The number of hydrogen-bond donors (Lipinski definition) is 2. The molecule has 23 heavy (non-hydrogen) atoms. The Morgan fingerprint density at radius 2 is 2.30 bits per heavy atom. The minimum atomic E-state index is -0.240. The van der Waals surface area contributed by atoms with Crippen LogP contribution in [0.5, 0.6) is 0 Å². The first-order valence-electron chi connectivity index (χ1n) is 7.45. The second-order valence-electron chi connectivity index (χ2n) is 5.67. The standard InChI is InChI=1S/C14H21N7O2/c1-15-9-4-11(23-10(9)5-22)21-8-18-12-13(19-7-20(2)3)16-6-17-14(12)21/h6-11,15,22H,4-5H2,1-3H3/t9-,10+,11+/m0/s1. The Hall–Kier alpha value is -2.10. The Kier molecular flexibility index (Phi) is 4.51. The summed E-state index contributed by atoms with van der Waals surface area (Å²) in [5, 5.41) is 12.6. The van der Waals surface area contributed by atoms with Crippen LogP contribution in [0.3, 0.4) is 0 Å². The first-order valence-corrected chi connectivity index (χ1v) is 7.45. The maximum absolute atomic E-state index is 9.42. The second kappa shape index (κ2) is 6.57. The van der Waals surface area contributed by atoms with Crippen molar-refractivity contribution < 1.29 is 9.84 Å². The van der Waals surface area contributed by atoms with Crippen molar-refractivity contribution in [3.8, 4) is 0 Å². The van der Waals surface area contributed by atoms with Crippen molar-refractivity contribution in [3.63, 3.8) is 0 Å². The largest absolute Gasteiger partial charge is 0.394 e. The predicted octanol–water partition coefficient (Wildman–Crippen LogP) is -0.0845. The van der Waals surface area contributed by atoms with Crippen LogP contribution < -0.4 is 5.32 Å². The smallest absolute Gasteiger partial charge is 0.184 e. The molecule has 9 nitrogen and oxygen atoms in total. The number of ether oxygens (including phenoxy) is 1. The summed E-state index contributed by atoms with van der Waals surface area (Å²) in [5.74, 6) is 0.518. The van der Waals surface area contributed by atoms with Crippen LogP contribution in [0.25, 0.3) is 11.2 Å². The van der Waals surface area contributed by atoms with Crippen molar-refractivity contribution in [2.24, 2.45) is 4.99 Å². The van der Waals surface area contributed by atoms with E-state index in [1.54, 1.807) is 12.7 Å². The molecule has 1 fully saturated rings. The van der Waals surface area contributed by atoms with Gasteiger partial charge < -0.3 is 20.1 Å². The summed E-state index contributed by atoms with van der Waals surface area (Å²) < 4.78 is 7.77. The van der Waals surface area contributed by atoms with Crippen LogP contribution in [0.2, 0.25) is 0 Å². The zero-order valence-electron chi connectivity index (χ0n) is 13.4. The van der Waals surface area contributed by atoms with E-state index in [-0.39, 0.29) is 25.0 Å². The molecule has 0 saturated carbocycles. The average molecular weight is 319 g/mol. The van der Waals surface area contributed by atoms with Gasteiger partial charge in [-0.1, -0.05) is 0 Å². The lowest BCUT2D eigenvalue weighted by atomic mass is 10.1. The molecule has 3 rings (SSSR count). The highest BCUT2D eigenvalue weighted by molar-refractivity contribution is 5.82. The number of fused-ring (bicyclic) bond motifs is 1. The molecule has 2 aromatic heterocycles. The fraction of sp³-hybridized carbons (Fsp3) is 0.571. The van der Waals surface area contributed by atoms with Gasteiger partial charge in [-0.2, -0.15) is 0 Å². The van der Waals surface area contributed by atoms with Gasteiger partial charge in [0.25, 0.3) is 0 Å². The number of aromatic nitrogens is 4. The number of aliphatic hydroxyl groups is 1. The molecular weight excluding hydrogens is 298 g/mol. The summed E-state index contributed by atoms with van der Waals surface area (Å²) >= 11 is 0. The lowest BCUT2D eigenvalue weighted by Crippen LogP contribution is -2.35. The average Bonchev–Trinajstić information content (AvgIpc) is 3.15. The first kappa shape index (κ1) is 15.8. The molecule has 1 aliphatic heterocycles. The van der Waals surface area contributed by atoms with Crippen molar-refractivity contribution >= 4 is 23.3 Å². The number of likely N-dealkylation sites (N-methyl/N-ethyl adjacent to an activating group) is 1. The van der Waals surface area contributed by atoms with Crippen molar-refractivity contribution in [3.05, 3.63) is 12.7 Å². The van der Waals surface area contributed by atoms with E-state index < -0.39 is 0 Å². The van der Waals surface area contributed by atoms with Crippen molar-refractivity contribution in [1.82, 2.24) is 29.7 Å². The van der Waals surface area contributed by atoms with E-state index in [4.69, 9.17) is 4.74 Å². The molecule has 0 bridgehead atoms. The van der Waals surface area contributed by atoms with Crippen LogP contribution >= 0.6 is 0 Å².